The summed E-state index contributed by atoms with van der Waals surface area (Å²) in [6.45, 7) is 6.09. The zero-order valence-corrected chi connectivity index (χ0v) is 14.4. The van der Waals surface area contributed by atoms with Gasteiger partial charge in [-0.25, -0.2) is 0 Å². The highest BCUT2D eigenvalue weighted by Crippen LogP contribution is 2.31. The van der Waals surface area contributed by atoms with Crippen molar-refractivity contribution in [1.29, 1.82) is 0 Å². The maximum atomic E-state index is 12.3. The number of nitrogens with zero attached hydrogens (tertiary/aromatic N) is 1. The number of anilines is 1. The van der Waals surface area contributed by atoms with Gasteiger partial charge >= 0.3 is 6.36 Å². The van der Waals surface area contributed by atoms with Crippen LogP contribution in [0.5, 0.6) is 5.75 Å². The molecule has 1 aromatic carbocycles. The van der Waals surface area contributed by atoms with Crippen molar-refractivity contribution >= 4 is 28.8 Å². The number of halogens is 3. The Bertz CT molecular complexity index is 641. The maximum absolute atomic E-state index is 12.3. The molecule has 24 heavy (non-hydrogen) atoms. The zero-order valence-electron chi connectivity index (χ0n) is 13.6. The molecule has 8 heteroatoms. The summed E-state index contributed by atoms with van der Waals surface area (Å²) < 4.78 is 40.9. The molecule has 0 aromatic heterocycles. The minimum absolute atomic E-state index is 0.169. The molecule has 0 radical (unpaired) electrons. The maximum Gasteiger partial charge on any atom is 0.573 e. The number of hydrogen-bond acceptors (Lipinski definition) is 3. The number of carbonyl (C=O) groups excluding carboxylic acids is 1. The summed E-state index contributed by atoms with van der Waals surface area (Å²) in [6.07, 6.45) is -4.23. The van der Waals surface area contributed by atoms with Gasteiger partial charge in [-0.2, -0.15) is 0 Å². The van der Waals surface area contributed by atoms with Crippen molar-refractivity contribution in [2.24, 2.45) is 5.92 Å². The summed E-state index contributed by atoms with van der Waals surface area (Å²) in [7, 11) is 0. The first-order valence-electron chi connectivity index (χ1n) is 7.45. The number of carbonyl (C=O) groups is 1. The fourth-order valence-electron chi connectivity index (χ4n) is 2.48. The minimum Gasteiger partial charge on any atom is -0.406 e. The van der Waals surface area contributed by atoms with Crippen molar-refractivity contribution in [3.05, 3.63) is 24.3 Å². The summed E-state index contributed by atoms with van der Waals surface area (Å²) >= 11 is 5.36. The predicted octanol–water partition coefficient (Wildman–Crippen LogP) is 3.65. The fourth-order valence-corrected chi connectivity index (χ4v) is 2.91. The third kappa shape index (κ3) is 4.83. The molecule has 132 valence electrons. The van der Waals surface area contributed by atoms with Gasteiger partial charge in [-0.1, -0.05) is 18.3 Å². The highest BCUT2D eigenvalue weighted by atomic mass is 32.1. The van der Waals surface area contributed by atoms with E-state index in [1.807, 2.05) is 20.8 Å². The SMILES string of the molecule is CC(C)(C)NC(=O)C1CCN(c2cccc(OC(F)(F)F)c2)C1=S. The van der Waals surface area contributed by atoms with E-state index in [4.69, 9.17) is 12.2 Å². The van der Waals surface area contributed by atoms with Crippen LogP contribution in [0.15, 0.2) is 24.3 Å². The molecule has 1 atom stereocenters. The monoisotopic (exact) mass is 360 g/mol. The summed E-state index contributed by atoms with van der Waals surface area (Å²) in [5, 5.41) is 2.88. The van der Waals surface area contributed by atoms with Crippen LogP contribution in [0.4, 0.5) is 18.9 Å². The Balaban J connectivity index is 2.13. The van der Waals surface area contributed by atoms with Crippen LogP contribution in [0, 0.1) is 5.92 Å². The van der Waals surface area contributed by atoms with E-state index in [-0.39, 0.29) is 17.2 Å². The molecular weight excluding hydrogens is 341 g/mol. The Labute approximate surface area is 144 Å². The van der Waals surface area contributed by atoms with Gasteiger partial charge in [0.25, 0.3) is 0 Å². The number of nitrogens with one attached hydrogen (secondary N) is 1. The van der Waals surface area contributed by atoms with Crippen molar-refractivity contribution in [3.8, 4) is 5.75 Å². The van der Waals surface area contributed by atoms with Crippen molar-refractivity contribution < 1.29 is 22.7 Å². The number of benzene rings is 1. The average molecular weight is 360 g/mol. The van der Waals surface area contributed by atoms with Gasteiger partial charge in [0, 0.05) is 23.8 Å². The number of thiocarbonyl (C=S) groups is 1. The summed E-state index contributed by atoms with van der Waals surface area (Å²) in [5.74, 6) is -0.950. The third-order valence-electron chi connectivity index (χ3n) is 3.38. The van der Waals surface area contributed by atoms with E-state index < -0.39 is 12.3 Å². The number of alkyl halides is 3. The predicted molar refractivity (Wildman–Crippen MR) is 89.1 cm³/mol. The van der Waals surface area contributed by atoms with E-state index in [9.17, 15) is 18.0 Å². The van der Waals surface area contributed by atoms with E-state index in [1.165, 1.54) is 18.2 Å². The van der Waals surface area contributed by atoms with E-state index in [1.54, 1.807) is 11.0 Å². The molecule has 1 aromatic rings. The Morgan fingerprint density at radius 2 is 2.00 bits per heavy atom. The lowest BCUT2D eigenvalue weighted by atomic mass is 10.0. The van der Waals surface area contributed by atoms with Crippen molar-refractivity contribution in [2.45, 2.75) is 39.1 Å². The standard InChI is InChI=1S/C16H19F3N2O2S/c1-15(2,3)20-13(22)12-7-8-21(14(12)24)10-5-4-6-11(9-10)23-16(17,18)19/h4-6,9,12H,7-8H2,1-3H3,(H,20,22). The molecule has 4 nitrogen and oxygen atoms in total. The number of amides is 1. The molecule has 1 amide bonds. The van der Waals surface area contributed by atoms with Gasteiger partial charge in [-0.15, -0.1) is 13.2 Å². The molecule has 0 spiro atoms. The molecule has 2 rings (SSSR count). The molecule has 0 saturated carbocycles. The highest BCUT2D eigenvalue weighted by Gasteiger charge is 2.36. The van der Waals surface area contributed by atoms with Crippen molar-refractivity contribution in [3.63, 3.8) is 0 Å². The first kappa shape index (κ1) is 18.5. The minimum atomic E-state index is -4.75. The Morgan fingerprint density at radius 1 is 1.33 bits per heavy atom. The molecule has 1 fully saturated rings. The second kappa shape index (κ2) is 6.58. The summed E-state index contributed by atoms with van der Waals surface area (Å²) in [5.41, 5.74) is 0.105. The highest BCUT2D eigenvalue weighted by molar-refractivity contribution is 7.80. The van der Waals surface area contributed by atoms with E-state index >= 15 is 0 Å². The van der Waals surface area contributed by atoms with Crippen molar-refractivity contribution in [2.75, 3.05) is 11.4 Å². The molecule has 1 saturated heterocycles. The molecule has 1 heterocycles. The van der Waals surface area contributed by atoms with E-state index in [0.29, 0.717) is 23.6 Å². The van der Waals surface area contributed by atoms with Crippen LogP contribution in [0.3, 0.4) is 0 Å². The summed E-state index contributed by atoms with van der Waals surface area (Å²) in [6, 6.07) is 5.59. The van der Waals surface area contributed by atoms with Crippen LogP contribution in [0.25, 0.3) is 0 Å². The van der Waals surface area contributed by atoms with Crippen molar-refractivity contribution in [1.82, 2.24) is 5.32 Å². The second-order valence-electron chi connectivity index (χ2n) is 6.62. The van der Waals surface area contributed by atoms with Crippen LogP contribution in [0.2, 0.25) is 0 Å². The summed E-state index contributed by atoms with van der Waals surface area (Å²) in [4.78, 5) is 14.4. The van der Waals surface area contributed by atoms with Gasteiger partial charge in [0.05, 0.1) is 10.9 Å². The average Bonchev–Trinajstić information content (AvgIpc) is 2.77. The number of rotatable bonds is 3. The van der Waals surface area contributed by atoms with Crippen LogP contribution < -0.4 is 15.0 Å². The molecule has 1 N–H and O–H groups in total. The molecule has 0 aliphatic carbocycles. The van der Waals surface area contributed by atoms with Crippen LogP contribution in [0.1, 0.15) is 27.2 Å². The largest absolute Gasteiger partial charge is 0.573 e. The number of ether oxygens (including phenoxy) is 1. The molecule has 1 unspecified atom stereocenters. The van der Waals surface area contributed by atoms with Crippen LogP contribution >= 0.6 is 12.2 Å². The Hall–Kier alpha value is -1.83. The first-order valence-corrected chi connectivity index (χ1v) is 7.86. The van der Waals surface area contributed by atoms with E-state index in [0.717, 1.165) is 0 Å². The third-order valence-corrected chi connectivity index (χ3v) is 3.89. The smallest absolute Gasteiger partial charge is 0.406 e. The lowest BCUT2D eigenvalue weighted by molar-refractivity contribution is -0.274. The Morgan fingerprint density at radius 3 is 2.58 bits per heavy atom. The molecule has 1 aliphatic rings. The molecule has 0 bridgehead atoms. The van der Waals surface area contributed by atoms with Crippen LogP contribution in [-0.4, -0.2) is 29.3 Å². The van der Waals surface area contributed by atoms with Gasteiger partial charge in [0.1, 0.15) is 5.75 Å². The van der Waals surface area contributed by atoms with Gasteiger partial charge < -0.3 is 15.0 Å². The van der Waals surface area contributed by atoms with Gasteiger partial charge in [-0.05, 0) is 39.3 Å². The lowest BCUT2D eigenvalue weighted by Crippen LogP contribution is -2.45. The molecule has 1 aliphatic heterocycles. The normalized spacial score (nSPS) is 18.7. The second-order valence-corrected chi connectivity index (χ2v) is 7.03. The lowest BCUT2D eigenvalue weighted by Gasteiger charge is -2.24. The first-order chi connectivity index (χ1) is 11.0. The Kier molecular flexibility index (Phi) is 5.08. The van der Waals surface area contributed by atoms with Crippen LogP contribution in [-0.2, 0) is 4.79 Å². The number of hydrogen-bond donors (Lipinski definition) is 1. The molecular formula is C16H19F3N2O2S. The quantitative estimate of drug-likeness (QED) is 0.836. The zero-order chi connectivity index (χ0) is 18.1. The van der Waals surface area contributed by atoms with Gasteiger partial charge in [0.15, 0.2) is 0 Å². The van der Waals surface area contributed by atoms with E-state index in [2.05, 4.69) is 10.1 Å². The van der Waals surface area contributed by atoms with Gasteiger partial charge in [0.2, 0.25) is 5.91 Å². The fraction of sp³-hybridized carbons (Fsp3) is 0.500. The topological polar surface area (TPSA) is 41.6 Å². The van der Waals surface area contributed by atoms with Gasteiger partial charge in [-0.3, -0.25) is 4.79 Å².